The molecule has 18 heavy (non-hydrogen) atoms. The fraction of sp³-hybridized carbons (Fsp3) is 0.273. The molecule has 1 aromatic rings. The number of hydrogen-bond acceptors (Lipinski definition) is 4. The molecule has 0 unspecified atom stereocenters. The van der Waals surface area contributed by atoms with E-state index >= 15 is 0 Å². The second kappa shape index (κ2) is 7.00. The van der Waals surface area contributed by atoms with Gasteiger partial charge in [-0.3, -0.25) is 14.4 Å². The number of aromatic nitrogens is 1. The molecule has 0 aliphatic carbocycles. The van der Waals surface area contributed by atoms with Gasteiger partial charge in [0, 0.05) is 26.2 Å². The van der Waals surface area contributed by atoms with Crippen LogP contribution in [0, 0.1) is 0 Å². The SMILES string of the molecule is CC(=O)NCCNC(=O)C(=O)Nc1ccccn1. The summed E-state index contributed by atoms with van der Waals surface area (Å²) in [6.45, 7) is 1.83. The highest BCUT2D eigenvalue weighted by Crippen LogP contribution is 1.98. The molecule has 1 aromatic heterocycles. The van der Waals surface area contributed by atoms with Crippen LogP contribution in [0.1, 0.15) is 6.92 Å². The molecule has 3 N–H and O–H groups in total. The second-order valence-electron chi connectivity index (χ2n) is 3.41. The summed E-state index contributed by atoms with van der Waals surface area (Å²) in [6, 6.07) is 4.96. The maximum atomic E-state index is 11.4. The van der Waals surface area contributed by atoms with Crippen LogP contribution in [0.3, 0.4) is 0 Å². The summed E-state index contributed by atoms with van der Waals surface area (Å²) >= 11 is 0. The Morgan fingerprint density at radius 2 is 1.83 bits per heavy atom. The highest BCUT2D eigenvalue weighted by Gasteiger charge is 2.12. The zero-order chi connectivity index (χ0) is 13.4. The first-order valence-electron chi connectivity index (χ1n) is 5.34. The third-order valence-corrected chi connectivity index (χ3v) is 1.90. The molecule has 1 rings (SSSR count). The van der Waals surface area contributed by atoms with E-state index in [-0.39, 0.29) is 19.0 Å². The van der Waals surface area contributed by atoms with Gasteiger partial charge in [0.25, 0.3) is 0 Å². The molecule has 0 bridgehead atoms. The molecule has 96 valence electrons. The van der Waals surface area contributed by atoms with Crippen LogP contribution in [-0.4, -0.2) is 35.8 Å². The van der Waals surface area contributed by atoms with Crippen molar-refractivity contribution >= 4 is 23.5 Å². The van der Waals surface area contributed by atoms with Crippen molar-refractivity contribution in [2.24, 2.45) is 0 Å². The van der Waals surface area contributed by atoms with Crippen LogP contribution in [-0.2, 0) is 14.4 Å². The van der Waals surface area contributed by atoms with E-state index in [1.54, 1.807) is 18.2 Å². The van der Waals surface area contributed by atoms with Crippen molar-refractivity contribution in [1.29, 1.82) is 0 Å². The Morgan fingerprint density at radius 1 is 1.11 bits per heavy atom. The van der Waals surface area contributed by atoms with Gasteiger partial charge in [-0.1, -0.05) is 6.07 Å². The smallest absolute Gasteiger partial charge is 0.314 e. The van der Waals surface area contributed by atoms with Crippen LogP contribution in [0.25, 0.3) is 0 Å². The first-order valence-corrected chi connectivity index (χ1v) is 5.34. The van der Waals surface area contributed by atoms with E-state index in [1.165, 1.54) is 13.1 Å². The van der Waals surface area contributed by atoms with Crippen LogP contribution in [0.4, 0.5) is 5.82 Å². The standard InChI is InChI=1S/C11H14N4O3/c1-8(16)12-6-7-14-10(17)11(18)15-9-4-2-3-5-13-9/h2-5H,6-7H2,1H3,(H,12,16)(H,14,17)(H,13,15,18). The lowest BCUT2D eigenvalue weighted by Gasteiger charge is -2.06. The fourth-order valence-electron chi connectivity index (χ4n) is 1.10. The molecular weight excluding hydrogens is 236 g/mol. The van der Waals surface area contributed by atoms with Gasteiger partial charge in [-0.15, -0.1) is 0 Å². The number of carbonyl (C=O) groups is 3. The van der Waals surface area contributed by atoms with E-state index in [9.17, 15) is 14.4 Å². The number of rotatable bonds is 4. The number of pyridine rings is 1. The van der Waals surface area contributed by atoms with Crippen molar-refractivity contribution < 1.29 is 14.4 Å². The predicted molar refractivity (Wildman–Crippen MR) is 64.6 cm³/mol. The van der Waals surface area contributed by atoms with Gasteiger partial charge in [-0.2, -0.15) is 0 Å². The Morgan fingerprint density at radius 3 is 2.44 bits per heavy atom. The van der Waals surface area contributed by atoms with Crippen molar-refractivity contribution in [1.82, 2.24) is 15.6 Å². The van der Waals surface area contributed by atoms with E-state index in [4.69, 9.17) is 0 Å². The zero-order valence-corrected chi connectivity index (χ0v) is 9.90. The molecule has 0 aliphatic heterocycles. The van der Waals surface area contributed by atoms with Gasteiger partial charge < -0.3 is 16.0 Å². The summed E-state index contributed by atoms with van der Waals surface area (Å²) in [4.78, 5) is 37.1. The maximum absolute atomic E-state index is 11.4. The highest BCUT2D eigenvalue weighted by atomic mass is 16.2. The second-order valence-corrected chi connectivity index (χ2v) is 3.41. The summed E-state index contributed by atoms with van der Waals surface area (Å²) in [5, 5.41) is 7.20. The summed E-state index contributed by atoms with van der Waals surface area (Å²) in [5.41, 5.74) is 0. The Bertz CT molecular complexity index is 433. The third kappa shape index (κ3) is 5.06. The largest absolute Gasteiger partial charge is 0.355 e. The first-order chi connectivity index (χ1) is 8.59. The molecule has 1 heterocycles. The van der Waals surface area contributed by atoms with Crippen LogP contribution < -0.4 is 16.0 Å². The molecular formula is C11H14N4O3. The number of nitrogens with one attached hydrogen (secondary N) is 3. The molecule has 0 saturated carbocycles. The molecule has 3 amide bonds. The van der Waals surface area contributed by atoms with Gasteiger partial charge in [0.05, 0.1) is 0 Å². The van der Waals surface area contributed by atoms with Gasteiger partial charge in [0.15, 0.2) is 0 Å². The van der Waals surface area contributed by atoms with Gasteiger partial charge in [0.2, 0.25) is 5.91 Å². The maximum Gasteiger partial charge on any atom is 0.314 e. The monoisotopic (exact) mass is 250 g/mol. The van der Waals surface area contributed by atoms with E-state index in [0.29, 0.717) is 5.82 Å². The van der Waals surface area contributed by atoms with E-state index in [0.717, 1.165) is 0 Å². The summed E-state index contributed by atoms with van der Waals surface area (Å²) in [7, 11) is 0. The molecule has 0 saturated heterocycles. The van der Waals surface area contributed by atoms with Gasteiger partial charge in [-0.25, -0.2) is 4.98 Å². The third-order valence-electron chi connectivity index (χ3n) is 1.90. The molecule has 7 heteroatoms. The van der Waals surface area contributed by atoms with Gasteiger partial charge in [-0.05, 0) is 12.1 Å². The summed E-state index contributed by atoms with van der Waals surface area (Å²) in [6.07, 6.45) is 1.50. The summed E-state index contributed by atoms with van der Waals surface area (Å²) < 4.78 is 0. The van der Waals surface area contributed by atoms with Crippen molar-refractivity contribution in [2.45, 2.75) is 6.92 Å². The number of amides is 3. The van der Waals surface area contributed by atoms with Gasteiger partial charge >= 0.3 is 11.8 Å². The average molecular weight is 250 g/mol. The Hall–Kier alpha value is -2.44. The lowest BCUT2D eigenvalue weighted by Crippen LogP contribution is -2.39. The van der Waals surface area contributed by atoms with Crippen molar-refractivity contribution in [3.63, 3.8) is 0 Å². The Labute approximate surface area is 104 Å². The highest BCUT2D eigenvalue weighted by molar-refractivity contribution is 6.39. The van der Waals surface area contributed by atoms with Crippen LogP contribution in [0.2, 0.25) is 0 Å². The number of anilines is 1. The molecule has 0 spiro atoms. The fourth-order valence-corrected chi connectivity index (χ4v) is 1.10. The van der Waals surface area contributed by atoms with Crippen LogP contribution >= 0.6 is 0 Å². The molecule has 0 radical (unpaired) electrons. The van der Waals surface area contributed by atoms with Gasteiger partial charge in [0.1, 0.15) is 5.82 Å². The first kappa shape index (κ1) is 13.6. The minimum Gasteiger partial charge on any atom is -0.355 e. The molecule has 0 aromatic carbocycles. The summed E-state index contributed by atoms with van der Waals surface area (Å²) in [5.74, 6) is -1.45. The molecule has 7 nitrogen and oxygen atoms in total. The number of carbonyl (C=O) groups excluding carboxylic acids is 3. The van der Waals surface area contributed by atoms with Crippen LogP contribution in [0.5, 0.6) is 0 Å². The lowest BCUT2D eigenvalue weighted by atomic mass is 10.4. The normalized spacial score (nSPS) is 9.39. The predicted octanol–water partition coefficient (Wildman–Crippen LogP) is -0.728. The average Bonchev–Trinajstić information content (AvgIpc) is 2.35. The minimum absolute atomic E-state index is 0.189. The van der Waals surface area contributed by atoms with Crippen LogP contribution in [0.15, 0.2) is 24.4 Å². The quantitative estimate of drug-likeness (QED) is 0.484. The van der Waals surface area contributed by atoms with Crippen molar-refractivity contribution in [2.75, 3.05) is 18.4 Å². The van der Waals surface area contributed by atoms with E-state index < -0.39 is 11.8 Å². The molecule has 0 atom stereocenters. The Balaban J connectivity index is 2.29. The minimum atomic E-state index is -0.795. The topological polar surface area (TPSA) is 100 Å². The zero-order valence-electron chi connectivity index (χ0n) is 9.90. The van der Waals surface area contributed by atoms with E-state index in [1.807, 2.05) is 0 Å². The van der Waals surface area contributed by atoms with Crippen molar-refractivity contribution in [3.05, 3.63) is 24.4 Å². The van der Waals surface area contributed by atoms with E-state index in [2.05, 4.69) is 20.9 Å². The molecule has 0 aliphatic rings. The van der Waals surface area contributed by atoms with Crippen molar-refractivity contribution in [3.8, 4) is 0 Å². The molecule has 0 fully saturated rings. The number of nitrogens with zero attached hydrogens (tertiary/aromatic N) is 1. The number of hydrogen-bond donors (Lipinski definition) is 3. The lowest BCUT2D eigenvalue weighted by molar-refractivity contribution is -0.136. The Kier molecular flexibility index (Phi) is 5.30.